The number of hydrogen-bond donors (Lipinski definition) is 0. The van der Waals surface area contributed by atoms with Gasteiger partial charge in [-0.1, -0.05) is 17.3 Å². The molecule has 7 heteroatoms. The van der Waals surface area contributed by atoms with Gasteiger partial charge in [-0.25, -0.2) is 4.39 Å². The molecule has 3 rings (SSSR count). The second-order valence-corrected chi connectivity index (χ2v) is 5.93. The number of rotatable bonds is 7. The summed E-state index contributed by atoms with van der Waals surface area (Å²) in [4.78, 5) is 27.5. The van der Waals surface area contributed by atoms with Crippen LogP contribution in [0.25, 0.3) is 11.4 Å². The minimum Gasteiger partial charge on any atom is -0.427 e. The van der Waals surface area contributed by atoms with E-state index < -0.39 is 5.97 Å². The summed E-state index contributed by atoms with van der Waals surface area (Å²) in [6.45, 7) is 1.45. The number of nitrogens with zero attached hydrogens (tertiary/aromatic N) is 2. The first kappa shape index (κ1) is 18.4. The summed E-state index contributed by atoms with van der Waals surface area (Å²) in [5.41, 5.74) is 1.13. The Morgan fingerprint density at radius 2 is 1.93 bits per heavy atom. The molecule has 2 aromatic carbocycles. The first-order valence-electron chi connectivity index (χ1n) is 8.41. The molecule has 1 aromatic heterocycles. The van der Waals surface area contributed by atoms with E-state index in [0.29, 0.717) is 41.4 Å². The lowest BCUT2D eigenvalue weighted by Gasteiger charge is -2.04. The topological polar surface area (TPSA) is 82.3 Å². The van der Waals surface area contributed by atoms with Crippen molar-refractivity contribution in [2.24, 2.45) is 0 Å². The van der Waals surface area contributed by atoms with Gasteiger partial charge < -0.3 is 9.26 Å². The van der Waals surface area contributed by atoms with E-state index >= 15 is 0 Å². The summed E-state index contributed by atoms with van der Waals surface area (Å²) >= 11 is 0. The van der Waals surface area contributed by atoms with Gasteiger partial charge in [0.25, 0.3) is 0 Å². The molecule has 3 aromatic rings. The average Bonchev–Trinajstić information content (AvgIpc) is 3.11. The summed E-state index contributed by atoms with van der Waals surface area (Å²) < 4.78 is 23.3. The Hall–Kier alpha value is -3.35. The Balaban J connectivity index is 1.50. The molecule has 0 spiro atoms. The molecule has 27 heavy (non-hydrogen) atoms. The van der Waals surface area contributed by atoms with Crippen LogP contribution in [0.3, 0.4) is 0 Å². The van der Waals surface area contributed by atoms with E-state index in [4.69, 9.17) is 9.26 Å². The zero-order valence-electron chi connectivity index (χ0n) is 14.6. The van der Waals surface area contributed by atoms with Crippen LogP contribution in [0.15, 0.2) is 53.1 Å². The number of aromatic nitrogens is 2. The quantitative estimate of drug-likeness (QED) is 0.356. The molecular formula is C20H17FN2O4. The van der Waals surface area contributed by atoms with Crippen molar-refractivity contribution in [3.63, 3.8) is 0 Å². The normalized spacial score (nSPS) is 10.6. The first-order valence-corrected chi connectivity index (χ1v) is 8.41. The molecule has 0 aliphatic rings. The fraction of sp³-hybridized carbons (Fsp3) is 0.200. The highest BCUT2D eigenvalue weighted by atomic mass is 19.1. The number of ether oxygens (including phenoxy) is 1. The van der Waals surface area contributed by atoms with Gasteiger partial charge in [0, 0.05) is 24.0 Å². The van der Waals surface area contributed by atoms with Crippen LogP contribution >= 0.6 is 0 Å². The fourth-order valence-corrected chi connectivity index (χ4v) is 2.42. The molecule has 0 unspecified atom stereocenters. The highest BCUT2D eigenvalue weighted by Crippen LogP contribution is 2.18. The molecule has 0 saturated heterocycles. The number of hydrogen-bond acceptors (Lipinski definition) is 6. The smallest absolute Gasteiger partial charge is 0.311 e. The zero-order chi connectivity index (χ0) is 19.2. The lowest BCUT2D eigenvalue weighted by Crippen LogP contribution is -2.08. The van der Waals surface area contributed by atoms with Crippen molar-refractivity contribution < 1.29 is 23.2 Å². The van der Waals surface area contributed by atoms with Crippen molar-refractivity contribution in [2.45, 2.75) is 26.2 Å². The first-order chi connectivity index (χ1) is 13.0. The van der Waals surface area contributed by atoms with Crippen LogP contribution in [0, 0.1) is 5.82 Å². The lowest BCUT2D eigenvalue weighted by atomic mass is 10.1. The molecule has 6 nitrogen and oxygen atoms in total. The number of aryl methyl sites for hydroxylation is 1. The number of halogens is 1. The monoisotopic (exact) mass is 368 g/mol. The van der Waals surface area contributed by atoms with Crippen LogP contribution < -0.4 is 4.74 Å². The molecule has 0 aliphatic heterocycles. The number of carbonyl (C=O) groups is 2. The molecule has 0 bridgehead atoms. The van der Waals surface area contributed by atoms with Crippen LogP contribution in [0.4, 0.5) is 4.39 Å². The molecule has 138 valence electrons. The van der Waals surface area contributed by atoms with E-state index in [2.05, 4.69) is 10.1 Å². The average molecular weight is 368 g/mol. The fourth-order valence-electron chi connectivity index (χ4n) is 2.42. The molecule has 0 N–H and O–H groups in total. The maximum atomic E-state index is 12.9. The second kappa shape index (κ2) is 8.35. The van der Waals surface area contributed by atoms with Gasteiger partial charge in [0.1, 0.15) is 11.6 Å². The molecule has 0 amide bonds. The Labute approximate surface area is 155 Å². The molecule has 0 radical (unpaired) electrons. The lowest BCUT2D eigenvalue weighted by molar-refractivity contribution is -0.134. The van der Waals surface area contributed by atoms with E-state index in [0.717, 1.165) is 0 Å². The van der Waals surface area contributed by atoms with Crippen LogP contribution in [-0.2, 0) is 11.2 Å². The van der Waals surface area contributed by atoms with Crippen molar-refractivity contribution in [3.05, 3.63) is 65.8 Å². The van der Waals surface area contributed by atoms with E-state index in [1.807, 2.05) is 0 Å². The predicted octanol–water partition coefficient (Wildman–Crippen LogP) is 4.01. The van der Waals surface area contributed by atoms with E-state index in [1.54, 1.807) is 30.3 Å². The molecule has 0 atom stereocenters. The Morgan fingerprint density at radius 1 is 1.15 bits per heavy atom. The van der Waals surface area contributed by atoms with Crippen LogP contribution in [0.5, 0.6) is 5.75 Å². The summed E-state index contributed by atoms with van der Waals surface area (Å²) in [5, 5.41) is 3.85. The largest absolute Gasteiger partial charge is 0.427 e. The number of carbonyl (C=O) groups excluding carboxylic acids is 2. The van der Waals surface area contributed by atoms with Crippen LogP contribution in [0.2, 0.25) is 0 Å². The van der Waals surface area contributed by atoms with Gasteiger partial charge in [-0.15, -0.1) is 0 Å². The summed E-state index contributed by atoms with van der Waals surface area (Å²) in [5.74, 6) is 0.253. The standard InChI is InChI=1S/C20H17FN2O4/c1-13(24)15-4-2-5-17(12-15)26-19(25)7-3-6-18-22-20(23-27-18)14-8-10-16(21)11-9-14/h2,4-5,8-12H,3,6-7H2,1H3. The maximum Gasteiger partial charge on any atom is 0.311 e. The Kier molecular flexibility index (Phi) is 5.71. The summed E-state index contributed by atoms with van der Waals surface area (Å²) in [6, 6.07) is 12.3. The molecule has 0 fully saturated rings. The highest BCUT2D eigenvalue weighted by Gasteiger charge is 2.11. The number of benzene rings is 2. The van der Waals surface area contributed by atoms with Crippen molar-refractivity contribution in [3.8, 4) is 17.1 Å². The van der Waals surface area contributed by atoms with Crippen molar-refractivity contribution in [1.82, 2.24) is 10.1 Å². The molecular weight excluding hydrogens is 351 g/mol. The highest BCUT2D eigenvalue weighted by molar-refractivity contribution is 5.94. The third kappa shape index (κ3) is 5.07. The third-order valence-corrected chi connectivity index (χ3v) is 3.81. The molecule has 0 aliphatic carbocycles. The van der Waals surface area contributed by atoms with Crippen LogP contribution in [0.1, 0.15) is 36.0 Å². The second-order valence-electron chi connectivity index (χ2n) is 5.93. The van der Waals surface area contributed by atoms with Crippen LogP contribution in [-0.4, -0.2) is 21.9 Å². The van der Waals surface area contributed by atoms with E-state index in [1.165, 1.54) is 25.1 Å². The van der Waals surface area contributed by atoms with E-state index in [9.17, 15) is 14.0 Å². The van der Waals surface area contributed by atoms with Crippen molar-refractivity contribution in [1.29, 1.82) is 0 Å². The zero-order valence-corrected chi connectivity index (χ0v) is 14.6. The minimum atomic E-state index is -0.408. The van der Waals surface area contributed by atoms with Gasteiger partial charge in [0.15, 0.2) is 5.78 Å². The van der Waals surface area contributed by atoms with Crippen molar-refractivity contribution in [2.75, 3.05) is 0 Å². The van der Waals surface area contributed by atoms with Gasteiger partial charge in [-0.2, -0.15) is 4.98 Å². The summed E-state index contributed by atoms with van der Waals surface area (Å²) in [7, 11) is 0. The number of ketones is 1. The minimum absolute atomic E-state index is 0.0961. The Morgan fingerprint density at radius 3 is 2.67 bits per heavy atom. The van der Waals surface area contributed by atoms with Gasteiger partial charge in [0.2, 0.25) is 11.7 Å². The van der Waals surface area contributed by atoms with Gasteiger partial charge in [-0.05, 0) is 49.7 Å². The van der Waals surface area contributed by atoms with Gasteiger partial charge in [-0.3, -0.25) is 9.59 Å². The van der Waals surface area contributed by atoms with Gasteiger partial charge in [0.05, 0.1) is 0 Å². The summed E-state index contributed by atoms with van der Waals surface area (Å²) in [6.07, 6.45) is 1.05. The molecule has 0 saturated carbocycles. The van der Waals surface area contributed by atoms with E-state index in [-0.39, 0.29) is 18.0 Å². The van der Waals surface area contributed by atoms with Crippen molar-refractivity contribution >= 4 is 11.8 Å². The molecule has 1 heterocycles. The maximum absolute atomic E-state index is 12.9. The predicted molar refractivity (Wildman–Crippen MR) is 94.7 cm³/mol. The van der Waals surface area contributed by atoms with Gasteiger partial charge >= 0.3 is 5.97 Å². The number of Topliss-reactive ketones (excluding diaryl/α,β-unsaturated/α-hetero) is 1. The Bertz CT molecular complexity index is 951. The third-order valence-electron chi connectivity index (χ3n) is 3.81. The SMILES string of the molecule is CC(=O)c1cccc(OC(=O)CCCc2nc(-c3ccc(F)cc3)no2)c1. The number of esters is 1.